The molecule has 2 atom stereocenters. The third-order valence-electron chi connectivity index (χ3n) is 2.41. The number of aryl methyl sites for hydroxylation is 1. The Kier molecular flexibility index (Phi) is 5.66. The van der Waals surface area contributed by atoms with E-state index in [4.69, 9.17) is 33.4 Å². The zero-order valence-corrected chi connectivity index (χ0v) is 10.4. The van der Waals surface area contributed by atoms with Crippen molar-refractivity contribution in [2.75, 3.05) is 0 Å². The van der Waals surface area contributed by atoms with Crippen LogP contribution in [0.2, 0.25) is 10.0 Å². The molecule has 0 fully saturated rings. The summed E-state index contributed by atoms with van der Waals surface area (Å²) in [7, 11) is 0. The lowest BCUT2D eigenvalue weighted by atomic mass is 10.0. The van der Waals surface area contributed by atoms with Gasteiger partial charge in [-0.05, 0) is 30.5 Å². The number of rotatable bonds is 5. The second-order valence-corrected chi connectivity index (χ2v) is 4.57. The van der Waals surface area contributed by atoms with Gasteiger partial charge in [-0.2, -0.15) is 0 Å². The molecule has 6 heteroatoms. The fourth-order valence-corrected chi connectivity index (χ4v) is 1.70. The maximum Gasteiger partial charge on any atom is 0.180 e. The van der Waals surface area contributed by atoms with E-state index in [1.807, 2.05) is 0 Å². The van der Waals surface area contributed by atoms with Gasteiger partial charge in [-0.3, -0.25) is 0 Å². The molecule has 0 aliphatic heterocycles. The SMILES string of the molecule is OC(O)C(O)C(O)CCc1ccc(Cl)c(Cl)c1. The predicted molar refractivity (Wildman–Crippen MR) is 65.0 cm³/mol. The van der Waals surface area contributed by atoms with Gasteiger partial charge in [0.2, 0.25) is 0 Å². The predicted octanol–water partition coefficient (Wildman–Crippen LogP) is 0.958. The molecule has 4 nitrogen and oxygen atoms in total. The summed E-state index contributed by atoms with van der Waals surface area (Å²) in [6.45, 7) is 0. The molecule has 0 aromatic heterocycles. The highest BCUT2D eigenvalue weighted by Gasteiger charge is 2.22. The van der Waals surface area contributed by atoms with Gasteiger partial charge in [0.1, 0.15) is 6.10 Å². The summed E-state index contributed by atoms with van der Waals surface area (Å²) < 4.78 is 0. The van der Waals surface area contributed by atoms with Crippen LogP contribution in [-0.2, 0) is 6.42 Å². The summed E-state index contributed by atoms with van der Waals surface area (Å²) in [6, 6.07) is 5.06. The average Bonchev–Trinajstić information content (AvgIpc) is 2.29. The standard InChI is InChI=1S/C11H14Cl2O4/c12-7-3-1-6(5-8(7)13)2-4-9(14)10(15)11(16)17/h1,3,5,9-11,14-17H,2,4H2. The minimum Gasteiger partial charge on any atom is -0.390 e. The van der Waals surface area contributed by atoms with Gasteiger partial charge in [0.05, 0.1) is 16.1 Å². The van der Waals surface area contributed by atoms with E-state index >= 15 is 0 Å². The zero-order valence-electron chi connectivity index (χ0n) is 8.92. The molecule has 0 saturated carbocycles. The first-order valence-electron chi connectivity index (χ1n) is 5.08. The fraction of sp³-hybridized carbons (Fsp3) is 0.455. The molecule has 0 aliphatic rings. The van der Waals surface area contributed by atoms with Gasteiger partial charge in [-0.25, -0.2) is 0 Å². The molecule has 0 amide bonds. The first-order chi connectivity index (χ1) is 7.91. The van der Waals surface area contributed by atoms with Gasteiger partial charge in [0.15, 0.2) is 6.29 Å². The van der Waals surface area contributed by atoms with Crippen LogP contribution in [0.25, 0.3) is 0 Å². The molecule has 0 heterocycles. The number of aliphatic hydroxyl groups is 4. The van der Waals surface area contributed by atoms with Crippen LogP contribution in [0.15, 0.2) is 18.2 Å². The summed E-state index contributed by atoms with van der Waals surface area (Å²) in [5, 5.41) is 36.8. The summed E-state index contributed by atoms with van der Waals surface area (Å²) >= 11 is 11.6. The van der Waals surface area contributed by atoms with Crippen LogP contribution in [0.5, 0.6) is 0 Å². The molecule has 1 rings (SSSR count). The molecule has 0 spiro atoms. The molecule has 0 radical (unpaired) electrons. The Hall–Kier alpha value is -0.360. The van der Waals surface area contributed by atoms with Crippen molar-refractivity contribution in [2.24, 2.45) is 0 Å². The number of hydrogen-bond donors (Lipinski definition) is 4. The van der Waals surface area contributed by atoms with E-state index in [0.29, 0.717) is 16.5 Å². The van der Waals surface area contributed by atoms with Crippen LogP contribution < -0.4 is 0 Å². The van der Waals surface area contributed by atoms with Gasteiger partial charge in [0.25, 0.3) is 0 Å². The maximum absolute atomic E-state index is 9.44. The highest BCUT2D eigenvalue weighted by Crippen LogP contribution is 2.23. The van der Waals surface area contributed by atoms with Crippen LogP contribution in [0.3, 0.4) is 0 Å². The zero-order chi connectivity index (χ0) is 13.0. The average molecular weight is 281 g/mol. The van der Waals surface area contributed by atoms with Crippen LogP contribution in [0.1, 0.15) is 12.0 Å². The first kappa shape index (κ1) is 14.7. The molecule has 96 valence electrons. The lowest BCUT2D eigenvalue weighted by Crippen LogP contribution is -2.37. The number of halogens is 2. The minimum atomic E-state index is -1.95. The molecule has 0 aliphatic carbocycles. The number of hydrogen-bond acceptors (Lipinski definition) is 4. The van der Waals surface area contributed by atoms with Crippen molar-refractivity contribution in [1.29, 1.82) is 0 Å². The second-order valence-electron chi connectivity index (χ2n) is 3.76. The van der Waals surface area contributed by atoms with Crippen LogP contribution >= 0.6 is 23.2 Å². The monoisotopic (exact) mass is 280 g/mol. The van der Waals surface area contributed by atoms with E-state index in [9.17, 15) is 10.2 Å². The summed E-state index contributed by atoms with van der Waals surface area (Å²) in [6.07, 6.45) is -4.08. The largest absolute Gasteiger partial charge is 0.390 e. The molecule has 17 heavy (non-hydrogen) atoms. The maximum atomic E-state index is 9.44. The van der Waals surface area contributed by atoms with E-state index < -0.39 is 18.5 Å². The Morgan fingerprint density at radius 1 is 1.00 bits per heavy atom. The highest BCUT2D eigenvalue weighted by atomic mass is 35.5. The smallest absolute Gasteiger partial charge is 0.180 e. The van der Waals surface area contributed by atoms with E-state index in [0.717, 1.165) is 5.56 Å². The minimum absolute atomic E-state index is 0.191. The van der Waals surface area contributed by atoms with Gasteiger partial charge in [-0.15, -0.1) is 0 Å². The number of aliphatic hydroxyl groups excluding tert-OH is 3. The third kappa shape index (κ3) is 4.43. The topological polar surface area (TPSA) is 80.9 Å². The molecular formula is C11H14Cl2O4. The second kappa shape index (κ2) is 6.54. The van der Waals surface area contributed by atoms with Crippen molar-refractivity contribution >= 4 is 23.2 Å². The van der Waals surface area contributed by atoms with Gasteiger partial charge in [0, 0.05) is 0 Å². The van der Waals surface area contributed by atoms with Crippen molar-refractivity contribution in [1.82, 2.24) is 0 Å². The Labute approximate surface area is 109 Å². The first-order valence-corrected chi connectivity index (χ1v) is 5.83. The van der Waals surface area contributed by atoms with Crippen LogP contribution in [-0.4, -0.2) is 38.9 Å². The molecule has 0 saturated heterocycles. The van der Waals surface area contributed by atoms with E-state index in [1.165, 1.54) is 0 Å². The summed E-state index contributed by atoms with van der Waals surface area (Å²) in [5.74, 6) is 0. The van der Waals surface area contributed by atoms with E-state index in [2.05, 4.69) is 0 Å². The van der Waals surface area contributed by atoms with E-state index in [-0.39, 0.29) is 6.42 Å². The van der Waals surface area contributed by atoms with Crippen molar-refractivity contribution in [3.63, 3.8) is 0 Å². The fourth-order valence-electron chi connectivity index (χ4n) is 1.38. The quantitative estimate of drug-likeness (QED) is 0.606. The molecule has 4 N–H and O–H groups in total. The molecule has 1 aromatic carbocycles. The number of benzene rings is 1. The molecule has 1 aromatic rings. The lowest BCUT2D eigenvalue weighted by Gasteiger charge is -2.19. The normalized spacial score (nSPS) is 15.0. The van der Waals surface area contributed by atoms with Gasteiger partial charge in [-0.1, -0.05) is 29.3 Å². The van der Waals surface area contributed by atoms with Crippen LogP contribution in [0.4, 0.5) is 0 Å². The van der Waals surface area contributed by atoms with Crippen molar-refractivity contribution in [2.45, 2.75) is 31.3 Å². The molecule has 2 unspecified atom stereocenters. The van der Waals surface area contributed by atoms with E-state index in [1.54, 1.807) is 18.2 Å². The summed E-state index contributed by atoms with van der Waals surface area (Å²) in [5.41, 5.74) is 0.845. The van der Waals surface area contributed by atoms with Crippen molar-refractivity contribution in [3.8, 4) is 0 Å². The van der Waals surface area contributed by atoms with Crippen molar-refractivity contribution < 1.29 is 20.4 Å². The molecule has 0 bridgehead atoms. The highest BCUT2D eigenvalue weighted by molar-refractivity contribution is 6.42. The van der Waals surface area contributed by atoms with Crippen LogP contribution in [0, 0.1) is 0 Å². The van der Waals surface area contributed by atoms with Crippen molar-refractivity contribution in [3.05, 3.63) is 33.8 Å². The molecular weight excluding hydrogens is 267 g/mol. The van der Waals surface area contributed by atoms with Gasteiger partial charge < -0.3 is 20.4 Å². The Morgan fingerprint density at radius 2 is 1.65 bits per heavy atom. The van der Waals surface area contributed by atoms with Gasteiger partial charge >= 0.3 is 0 Å². The Bertz CT molecular complexity index is 370. The summed E-state index contributed by atoms with van der Waals surface area (Å²) in [4.78, 5) is 0. The Balaban J connectivity index is 2.53. The Morgan fingerprint density at radius 3 is 2.18 bits per heavy atom. The lowest BCUT2D eigenvalue weighted by molar-refractivity contribution is -0.158. The third-order valence-corrected chi connectivity index (χ3v) is 3.15.